The summed E-state index contributed by atoms with van der Waals surface area (Å²) in [7, 11) is -3.54. The predicted molar refractivity (Wildman–Crippen MR) is 119 cm³/mol. The van der Waals surface area contributed by atoms with Gasteiger partial charge in [-0.25, -0.2) is 8.42 Å². The van der Waals surface area contributed by atoms with Gasteiger partial charge >= 0.3 is 0 Å². The van der Waals surface area contributed by atoms with Gasteiger partial charge in [0.15, 0.2) is 5.78 Å². The first-order valence-electron chi connectivity index (χ1n) is 9.75. The molecular weight excluding hydrogens is 420 g/mol. The number of carbonyl (C=O) groups excluding carboxylic acids is 1. The molecule has 2 aromatic heterocycles. The molecule has 0 atom stereocenters. The van der Waals surface area contributed by atoms with Gasteiger partial charge in [0, 0.05) is 43.1 Å². The molecule has 0 unspecified atom stereocenters. The molecule has 30 heavy (non-hydrogen) atoms. The van der Waals surface area contributed by atoms with Crippen LogP contribution in [0.4, 0.5) is 5.69 Å². The van der Waals surface area contributed by atoms with Crippen LogP contribution in [-0.2, 0) is 10.0 Å². The minimum Gasteiger partial charge on any atom is -0.369 e. The van der Waals surface area contributed by atoms with Crippen LogP contribution >= 0.6 is 11.3 Å². The zero-order valence-electron chi connectivity index (χ0n) is 17.2. The quantitative estimate of drug-likeness (QED) is 0.609. The molecule has 1 aliphatic rings. The molecule has 0 radical (unpaired) electrons. The molecule has 9 heteroatoms. The van der Waals surface area contributed by atoms with Gasteiger partial charge in [0.1, 0.15) is 9.90 Å². The van der Waals surface area contributed by atoms with Crippen LogP contribution in [-0.4, -0.2) is 54.9 Å². The number of thiophene rings is 1. The standard InChI is InChI=1S/C21H24N4O3S2/c1-14-15(2)22-23-21(14)19-8-9-20(29-19)30(27,28)25-12-10-24(11-13-25)18-6-4-17(5-7-18)16(3)26/h4-9H,10-13H2,1-3H3,(H,22,23). The van der Waals surface area contributed by atoms with Crippen LogP contribution in [0.5, 0.6) is 0 Å². The van der Waals surface area contributed by atoms with Gasteiger partial charge in [-0.3, -0.25) is 9.89 Å². The van der Waals surface area contributed by atoms with E-state index in [0.29, 0.717) is 36.0 Å². The highest BCUT2D eigenvalue weighted by Crippen LogP contribution is 2.34. The third-order valence-electron chi connectivity index (χ3n) is 5.54. The first-order chi connectivity index (χ1) is 14.3. The zero-order valence-corrected chi connectivity index (χ0v) is 18.8. The van der Waals surface area contributed by atoms with Crippen LogP contribution in [0.25, 0.3) is 10.6 Å². The van der Waals surface area contributed by atoms with Crippen molar-refractivity contribution in [1.82, 2.24) is 14.5 Å². The lowest BCUT2D eigenvalue weighted by Crippen LogP contribution is -2.48. The van der Waals surface area contributed by atoms with Crippen molar-refractivity contribution >= 4 is 32.8 Å². The lowest BCUT2D eigenvalue weighted by atomic mass is 10.1. The SMILES string of the molecule is CC(=O)c1ccc(N2CCN(S(=O)(=O)c3ccc(-c4n[nH]c(C)c4C)s3)CC2)cc1. The van der Waals surface area contributed by atoms with Gasteiger partial charge in [0.05, 0.1) is 4.88 Å². The maximum absolute atomic E-state index is 13.1. The number of aromatic nitrogens is 2. The van der Waals surface area contributed by atoms with Crippen molar-refractivity contribution in [3.63, 3.8) is 0 Å². The molecule has 3 heterocycles. The first-order valence-corrected chi connectivity index (χ1v) is 12.0. The summed E-state index contributed by atoms with van der Waals surface area (Å²) in [4.78, 5) is 14.4. The zero-order chi connectivity index (χ0) is 21.5. The summed E-state index contributed by atoms with van der Waals surface area (Å²) in [5.41, 5.74) is 4.49. The maximum Gasteiger partial charge on any atom is 0.252 e. The monoisotopic (exact) mass is 444 g/mol. The van der Waals surface area contributed by atoms with Crippen LogP contribution in [0, 0.1) is 13.8 Å². The van der Waals surface area contributed by atoms with Crippen molar-refractivity contribution in [3.8, 4) is 10.6 Å². The normalized spacial score (nSPS) is 15.5. The number of nitrogens with one attached hydrogen (secondary N) is 1. The van der Waals surface area contributed by atoms with Crippen molar-refractivity contribution in [1.29, 1.82) is 0 Å². The Hall–Kier alpha value is -2.49. The fourth-order valence-corrected chi connectivity index (χ4v) is 6.46. The molecule has 1 aliphatic heterocycles. The van der Waals surface area contributed by atoms with E-state index in [0.717, 1.165) is 27.5 Å². The minimum atomic E-state index is -3.54. The number of ketones is 1. The Bertz CT molecular complexity index is 1170. The van der Waals surface area contributed by atoms with E-state index in [4.69, 9.17) is 0 Å². The summed E-state index contributed by atoms with van der Waals surface area (Å²) in [6.45, 7) is 7.52. The number of hydrogen-bond donors (Lipinski definition) is 1. The van der Waals surface area contributed by atoms with Crippen LogP contribution in [0.3, 0.4) is 0 Å². The number of aromatic amines is 1. The Morgan fingerprint density at radius 3 is 2.27 bits per heavy atom. The summed E-state index contributed by atoms with van der Waals surface area (Å²) in [6, 6.07) is 11.0. The minimum absolute atomic E-state index is 0.0352. The third kappa shape index (κ3) is 3.80. The van der Waals surface area contributed by atoms with E-state index in [1.165, 1.54) is 11.3 Å². The fourth-order valence-electron chi connectivity index (χ4n) is 3.53. The molecule has 1 fully saturated rings. The summed E-state index contributed by atoms with van der Waals surface area (Å²) in [5.74, 6) is 0.0352. The van der Waals surface area contributed by atoms with Gasteiger partial charge in [0.2, 0.25) is 0 Å². The second kappa shape index (κ2) is 7.98. The van der Waals surface area contributed by atoms with E-state index in [-0.39, 0.29) is 5.78 Å². The van der Waals surface area contributed by atoms with Gasteiger partial charge in [-0.15, -0.1) is 11.3 Å². The highest BCUT2D eigenvalue weighted by Gasteiger charge is 2.30. The Kier molecular flexibility index (Phi) is 5.52. The number of Topliss-reactive ketones (excluding diaryl/α,β-unsaturated/α-hetero) is 1. The van der Waals surface area contributed by atoms with Crippen molar-refractivity contribution in [3.05, 3.63) is 53.2 Å². The average Bonchev–Trinajstić information content (AvgIpc) is 3.36. The van der Waals surface area contributed by atoms with Gasteiger partial charge in [0.25, 0.3) is 10.0 Å². The summed E-state index contributed by atoms with van der Waals surface area (Å²) < 4.78 is 28.2. The molecular formula is C21H24N4O3S2. The number of H-pyrrole nitrogens is 1. The smallest absolute Gasteiger partial charge is 0.252 e. The Balaban J connectivity index is 1.46. The molecule has 4 rings (SSSR count). The van der Waals surface area contributed by atoms with Gasteiger partial charge < -0.3 is 4.90 Å². The second-order valence-corrected chi connectivity index (χ2v) is 10.7. The number of anilines is 1. The van der Waals surface area contributed by atoms with E-state index >= 15 is 0 Å². The maximum atomic E-state index is 13.1. The van der Waals surface area contributed by atoms with Crippen molar-refractivity contribution in [2.45, 2.75) is 25.0 Å². The van der Waals surface area contributed by atoms with Gasteiger partial charge in [-0.1, -0.05) is 0 Å². The van der Waals surface area contributed by atoms with Crippen molar-refractivity contribution in [2.24, 2.45) is 0 Å². The van der Waals surface area contributed by atoms with Crippen molar-refractivity contribution < 1.29 is 13.2 Å². The molecule has 7 nitrogen and oxygen atoms in total. The number of piperazine rings is 1. The Labute approximate surface area is 180 Å². The molecule has 158 valence electrons. The van der Waals surface area contributed by atoms with E-state index in [1.54, 1.807) is 17.3 Å². The Morgan fingerprint density at radius 1 is 1.03 bits per heavy atom. The number of aryl methyl sites for hydroxylation is 1. The van der Waals surface area contributed by atoms with Crippen LogP contribution < -0.4 is 4.90 Å². The van der Waals surface area contributed by atoms with Crippen molar-refractivity contribution in [2.75, 3.05) is 31.1 Å². The fraction of sp³-hybridized carbons (Fsp3) is 0.333. The number of benzene rings is 1. The van der Waals surface area contributed by atoms with Crippen LogP contribution in [0.15, 0.2) is 40.6 Å². The summed E-state index contributed by atoms with van der Waals surface area (Å²) in [5, 5.41) is 7.25. The number of carbonyl (C=O) groups is 1. The van der Waals surface area contributed by atoms with Crippen LogP contribution in [0.2, 0.25) is 0 Å². The molecule has 1 N–H and O–H groups in total. The molecule has 1 saturated heterocycles. The molecule has 0 spiro atoms. The first kappa shape index (κ1) is 20.8. The molecule has 0 bridgehead atoms. The lowest BCUT2D eigenvalue weighted by molar-refractivity contribution is 0.101. The van der Waals surface area contributed by atoms with E-state index < -0.39 is 10.0 Å². The Morgan fingerprint density at radius 2 is 1.70 bits per heavy atom. The molecule has 0 amide bonds. The highest BCUT2D eigenvalue weighted by atomic mass is 32.2. The number of nitrogens with zero attached hydrogens (tertiary/aromatic N) is 3. The third-order valence-corrected chi connectivity index (χ3v) is 9.00. The number of sulfonamides is 1. The summed E-state index contributed by atoms with van der Waals surface area (Å²) in [6.07, 6.45) is 0. The molecule has 0 aliphatic carbocycles. The molecule has 3 aromatic rings. The largest absolute Gasteiger partial charge is 0.369 e. The van der Waals surface area contributed by atoms with E-state index in [9.17, 15) is 13.2 Å². The van der Waals surface area contributed by atoms with Gasteiger partial charge in [-0.2, -0.15) is 9.40 Å². The highest BCUT2D eigenvalue weighted by molar-refractivity contribution is 7.91. The topological polar surface area (TPSA) is 86.4 Å². The molecule has 0 saturated carbocycles. The van der Waals surface area contributed by atoms with E-state index in [2.05, 4.69) is 15.1 Å². The number of hydrogen-bond acceptors (Lipinski definition) is 6. The molecule has 1 aromatic carbocycles. The van der Waals surface area contributed by atoms with Crippen LogP contribution in [0.1, 0.15) is 28.5 Å². The van der Waals surface area contributed by atoms with Gasteiger partial charge in [-0.05, 0) is 62.7 Å². The predicted octanol–water partition coefficient (Wildman–Crippen LogP) is 3.47. The lowest BCUT2D eigenvalue weighted by Gasteiger charge is -2.35. The average molecular weight is 445 g/mol. The summed E-state index contributed by atoms with van der Waals surface area (Å²) >= 11 is 1.26. The second-order valence-electron chi connectivity index (χ2n) is 7.44. The number of rotatable bonds is 5. The van der Waals surface area contributed by atoms with E-state index in [1.807, 2.05) is 44.2 Å².